The minimum atomic E-state index is -3.51. The maximum absolute atomic E-state index is 13.2. The molecule has 6 heteroatoms. The third-order valence-corrected chi connectivity index (χ3v) is 8.18. The summed E-state index contributed by atoms with van der Waals surface area (Å²) in [5, 5.41) is 0. The van der Waals surface area contributed by atoms with Crippen LogP contribution in [0, 0.1) is 32.6 Å². The number of piperidine rings is 2. The van der Waals surface area contributed by atoms with E-state index in [1.165, 1.54) is 6.42 Å². The van der Waals surface area contributed by atoms with Crippen LogP contribution in [-0.2, 0) is 14.8 Å². The van der Waals surface area contributed by atoms with Gasteiger partial charge in [0.05, 0.1) is 4.90 Å². The van der Waals surface area contributed by atoms with Crippen LogP contribution in [0.4, 0.5) is 0 Å². The van der Waals surface area contributed by atoms with Gasteiger partial charge in [0.15, 0.2) is 0 Å². The number of rotatable bonds is 3. The van der Waals surface area contributed by atoms with Crippen LogP contribution < -0.4 is 0 Å². The fraction of sp³-hybridized carbons (Fsp3) is 0.667. The molecule has 1 amide bonds. The number of likely N-dealkylation sites (tertiary alicyclic amines) is 1. The van der Waals surface area contributed by atoms with Gasteiger partial charge in [-0.3, -0.25) is 4.79 Å². The molecule has 2 saturated heterocycles. The number of aryl methyl sites for hydroxylation is 3. The summed E-state index contributed by atoms with van der Waals surface area (Å²) in [6.07, 6.45) is 3.50. The first-order valence-electron chi connectivity index (χ1n) is 10.1. The highest BCUT2D eigenvalue weighted by Crippen LogP contribution is 2.30. The smallest absolute Gasteiger partial charge is 0.243 e. The number of hydrogen-bond donors (Lipinski definition) is 0. The Balaban J connectivity index is 1.69. The lowest BCUT2D eigenvalue weighted by molar-refractivity contribution is -0.138. The molecule has 2 fully saturated rings. The molecule has 0 aromatic heterocycles. The number of benzene rings is 1. The molecule has 27 heavy (non-hydrogen) atoms. The standard InChI is InChI=1S/C21H32N2O3S/c1-15-6-5-9-22(14-15)21(24)19-7-10-23(11-8-19)27(25,26)20-17(3)12-16(2)13-18(20)4/h12-13,15,19H,5-11,14H2,1-4H3. The summed E-state index contributed by atoms with van der Waals surface area (Å²) in [5.74, 6) is 0.749. The molecule has 0 radical (unpaired) electrons. The lowest BCUT2D eigenvalue weighted by Crippen LogP contribution is -2.47. The molecule has 5 nitrogen and oxygen atoms in total. The monoisotopic (exact) mass is 392 g/mol. The number of amides is 1. The summed E-state index contributed by atoms with van der Waals surface area (Å²) in [7, 11) is -3.51. The lowest BCUT2D eigenvalue weighted by atomic mass is 9.93. The van der Waals surface area contributed by atoms with Crippen LogP contribution in [-0.4, -0.2) is 49.7 Å². The first kappa shape index (κ1) is 20.3. The van der Waals surface area contributed by atoms with Crippen LogP contribution in [0.15, 0.2) is 17.0 Å². The van der Waals surface area contributed by atoms with Crippen LogP contribution in [0.3, 0.4) is 0 Å². The van der Waals surface area contributed by atoms with E-state index in [0.717, 1.165) is 36.2 Å². The summed E-state index contributed by atoms with van der Waals surface area (Å²) in [6, 6.07) is 3.85. The van der Waals surface area contributed by atoms with Crippen molar-refractivity contribution in [1.29, 1.82) is 0 Å². The van der Waals surface area contributed by atoms with E-state index in [9.17, 15) is 13.2 Å². The molecule has 0 saturated carbocycles. The number of carbonyl (C=O) groups excluding carboxylic acids is 1. The zero-order valence-corrected chi connectivity index (χ0v) is 17.8. The Bertz CT molecular complexity index is 788. The van der Waals surface area contributed by atoms with Gasteiger partial charge in [0, 0.05) is 32.1 Å². The van der Waals surface area contributed by atoms with Gasteiger partial charge in [-0.15, -0.1) is 0 Å². The molecule has 1 aromatic rings. The van der Waals surface area contributed by atoms with Crippen molar-refractivity contribution in [2.24, 2.45) is 11.8 Å². The number of sulfonamides is 1. The van der Waals surface area contributed by atoms with E-state index in [2.05, 4.69) is 6.92 Å². The van der Waals surface area contributed by atoms with Gasteiger partial charge in [-0.1, -0.05) is 24.6 Å². The molecule has 3 rings (SSSR count). The van der Waals surface area contributed by atoms with Crippen molar-refractivity contribution in [2.75, 3.05) is 26.2 Å². The number of hydrogen-bond acceptors (Lipinski definition) is 3. The summed E-state index contributed by atoms with van der Waals surface area (Å²) in [5.41, 5.74) is 2.67. The lowest BCUT2D eigenvalue weighted by Gasteiger charge is -2.37. The van der Waals surface area contributed by atoms with E-state index in [1.54, 1.807) is 4.31 Å². The normalized spacial score (nSPS) is 22.8. The fourth-order valence-electron chi connectivity index (χ4n) is 4.69. The molecule has 0 spiro atoms. The summed E-state index contributed by atoms with van der Waals surface area (Å²) >= 11 is 0. The molecule has 0 aliphatic carbocycles. The van der Waals surface area contributed by atoms with Gasteiger partial charge in [0.2, 0.25) is 15.9 Å². The first-order valence-corrected chi connectivity index (χ1v) is 11.5. The van der Waals surface area contributed by atoms with E-state index in [1.807, 2.05) is 37.8 Å². The molecule has 1 unspecified atom stereocenters. The molecule has 1 aromatic carbocycles. The van der Waals surface area contributed by atoms with Crippen molar-refractivity contribution in [3.63, 3.8) is 0 Å². The average Bonchev–Trinajstić information content (AvgIpc) is 2.60. The molecule has 2 aliphatic heterocycles. The zero-order chi connectivity index (χ0) is 19.8. The molecule has 0 bridgehead atoms. The van der Waals surface area contributed by atoms with Crippen LogP contribution in [0.1, 0.15) is 49.3 Å². The molecule has 1 atom stereocenters. The summed E-state index contributed by atoms with van der Waals surface area (Å²) < 4.78 is 28.0. The van der Waals surface area contributed by atoms with Crippen LogP contribution in [0.2, 0.25) is 0 Å². The van der Waals surface area contributed by atoms with Crippen LogP contribution in [0.5, 0.6) is 0 Å². The molecule has 150 valence electrons. The zero-order valence-electron chi connectivity index (χ0n) is 17.0. The average molecular weight is 393 g/mol. The van der Waals surface area contributed by atoms with Crippen molar-refractivity contribution in [3.8, 4) is 0 Å². The Morgan fingerprint density at radius 2 is 1.59 bits per heavy atom. The maximum Gasteiger partial charge on any atom is 0.243 e. The predicted molar refractivity (Wildman–Crippen MR) is 107 cm³/mol. The molecule has 2 heterocycles. The maximum atomic E-state index is 13.2. The third-order valence-electron chi connectivity index (χ3n) is 5.97. The van der Waals surface area contributed by atoms with Crippen molar-refractivity contribution >= 4 is 15.9 Å². The quantitative estimate of drug-likeness (QED) is 0.793. The number of nitrogens with zero attached hydrogens (tertiary/aromatic N) is 2. The van der Waals surface area contributed by atoms with Crippen molar-refractivity contribution in [3.05, 3.63) is 28.8 Å². The van der Waals surface area contributed by atoms with Crippen molar-refractivity contribution in [1.82, 2.24) is 9.21 Å². The van der Waals surface area contributed by atoms with Gasteiger partial charge >= 0.3 is 0 Å². The first-order chi connectivity index (χ1) is 12.7. The highest BCUT2D eigenvalue weighted by atomic mass is 32.2. The number of carbonyl (C=O) groups is 1. The highest BCUT2D eigenvalue weighted by molar-refractivity contribution is 7.89. The van der Waals surface area contributed by atoms with Gasteiger partial charge < -0.3 is 4.90 Å². The largest absolute Gasteiger partial charge is 0.342 e. The SMILES string of the molecule is Cc1cc(C)c(S(=O)(=O)N2CCC(C(=O)N3CCCC(C)C3)CC2)c(C)c1. The Kier molecular flexibility index (Phi) is 5.96. The Labute approximate surface area is 163 Å². The van der Waals surface area contributed by atoms with Gasteiger partial charge in [-0.2, -0.15) is 4.31 Å². The Hall–Kier alpha value is -1.40. The van der Waals surface area contributed by atoms with Gasteiger partial charge in [0.25, 0.3) is 0 Å². The molecule has 2 aliphatic rings. The topological polar surface area (TPSA) is 57.7 Å². The third kappa shape index (κ3) is 4.21. The van der Waals surface area contributed by atoms with E-state index < -0.39 is 10.0 Å². The van der Waals surface area contributed by atoms with Gasteiger partial charge in [-0.25, -0.2) is 8.42 Å². The summed E-state index contributed by atoms with van der Waals surface area (Å²) in [4.78, 5) is 15.3. The Morgan fingerprint density at radius 1 is 1.00 bits per heavy atom. The Morgan fingerprint density at radius 3 is 2.15 bits per heavy atom. The van der Waals surface area contributed by atoms with E-state index in [-0.39, 0.29) is 11.8 Å². The second-order valence-corrected chi connectivity index (χ2v) is 10.3. The van der Waals surface area contributed by atoms with Crippen LogP contribution in [0.25, 0.3) is 0 Å². The molecular weight excluding hydrogens is 360 g/mol. The van der Waals surface area contributed by atoms with Crippen molar-refractivity contribution in [2.45, 2.75) is 58.3 Å². The molecule has 0 N–H and O–H groups in total. The molecular formula is C21H32N2O3S. The van der Waals surface area contributed by atoms with Crippen LogP contribution >= 0.6 is 0 Å². The highest BCUT2D eigenvalue weighted by Gasteiger charge is 2.35. The minimum absolute atomic E-state index is 0.0399. The van der Waals surface area contributed by atoms with E-state index >= 15 is 0 Å². The van der Waals surface area contributed by atoms with E-state index in [0.29, 0.717) is 36.7 Å². The van der Waals surface area contributed by atoms with E-state index in [4.69, 9.17) is 0 Å². The second kappa shape index (κ2) is 7.92. The van der Waals surface area contributed by atoms with Gasteiger partial charge in [0.1, 0.15) is 0 Å². The second-order valence-electron chi connectivity index (χ2n) is 8.44. The predicted octanol–water partition coefficient (Wildman–Crippen LogP) is 3.27. The minimum Gasteiger partial charge on any atom is -0.342 e. The fourth-order valence-corrected chi connectivity index (χ4v) is 6.57. The van der Waals surface area contributed by atoms with Crippen molar-refractivity contribution < 1.29 is 13.2 Å². The summed E-state index contributed by atoms with van der Waals surface area (Å²) in [6.45, 7) is 10.4. The van der Waals surface area contributed by atoms with Gasteiger partial charge in [-0.05, 0) is 63.5 Å².